The highest BCUT2D eigenvalue weighted by atomic mass is 16.6. The largest absolute Gasteiger partial charge is 0.462 e. The lowest BCUT2D eigenvalue weighted by Gasteiger charge is -2.18. The van der Waals surface area contributed by atoms with Gasteiger partial charge in [-0.15, -0.1) is 0 Å². The van der Waals surface area contributed by atoms with Gasteiger partial charge in [-0.05, 0) is 51.4 Å². The molecule has 0 saturated carbocycles. The predicted molar refractivity (Wildman–Crippen MR) is 353 cm³/mol. The van der Waals surface area contributed by atoms with Crippen LogP contribution >= 0.6 is 0 Å². The summed E-state index contributed by atoms with van der Waals surface area (Å²) < 4.78 is 17.0. The van der Waals surface area contributed by atoms with Crippen LogP contribution in [0.3, 0.4) is 0 Å². The smallest absolute Gasteiger partial charge is 0.306 e. The molecule has 0 aromatic rings. The molecule has 6 heteroatoms. The second kappa shape index (κ2) is 70.4. The summed E-state index contributed by atoms with van der Waals surface area (Å²) in [4.78, 5) is 38.5. The van der Waals surface area contributed by atoms with Gasteiger partial charge in [-0.2, -0.15) is 0 Å². The highest BCUT2D eigenvalue weighted by Gasteiger charge is 2.20. The molecule has 0 saturated heterocycles. The normalized spacial score (nSPS) is 12.1. The number of unbranched alkanes of at least 4 members (excludes halogenated alkanes) is 54. The van der Waals surface area contributed by atoms with Gasteiger partial charge in [0.2, 0.25) is 0 Å². The zero-order chi connectivity index (χ0) is 58.5. The molecule has 0 aromatic heterocycles. The molecular weight excluding hydrogens is 997 g/mol. The summed E-state index contributed by atoms with van der Waals surface area (Å²) in [6.07, 6.45) is 86.4. The van der Waals surface area contributed by atoms with E-state index in [1.807, 2.05) is 0 Å². The number of hydrogen-bond acceptors (Lipinski definition) is 6. The van der Waals surface area contributed by atoms with Crippen LogP contribution in [-0.2, 0) is 28.6 Å². The molecule has 0 rings (SSSR count). The Hall–Kier alpha value is -2.11. The molecule has 0 bridgehead atoms. The van der Waals surface area contributed by atoms with Crippen LogP contribution < -0.4 is 0 Å². The van der Waals surface area contributed by atoms with Gasteiger partial charge in [0.1, 0.15) is 13.2 Å². The van der Waals surface area contributed by atoms with Gasteiger partial charge in [0.05, 0.1) is 0 Å². The molecule has 0 aliphatic rings. The molecule has 0 amide bonds. The maximum atomic E-state index is 13.0. The van der Waals surface area contributed by atoms with E-state index in [4.69, 9.17) is 14.2 Å². The number of ether oxygens (including phenoxy) is 3. The van der Waals surface area contributed by atoms with Crippen molar-refractivity contribution in [1.82, 2.24) is 0 Å². The van der Waals surface area contributed by atoms with Gasteiger partial charge in [0.25, 0.3) is 0 Å². The Morgan fingerprint density at radius 2 is 0.444 bits per heavy atom. The van der Waals surface area contributed by atoms with Crippen molar-refractivity contribution >= 4 is 17.9 Å². The first-order chi connectivity index (χ1) is 40.0. The summed E-state index contributed by atoms with van der Waals surface area (Å²) in [5, 5.41) is 0. The lowest BCUT2D eigenvalue weighted by molar-refractivity contribution is -0.167. The lowest BCUT2D eigenvalue weighted by atomic mass is 10.0. The van der Waals surface area contributed by atoms with Crippen LogP contribution in [0.25, 0.3) is 0 Å². The van der Waals surface area contributed by atoms with Crippen LogP contribution in [0.1, 0.15) is 419 Å². The van der Waals surface area contributed by atoms with Gasteiger partial charge in [-0.25, -0.2) is 0 Å². The number of carbonyl (C=O) groups excluding carboxylic acids is 3. The first-order valence-electron chi connectivity index (χ1n) is 36.8. The summed E-state index contributed by atoms with van der Waals surface area (Å²) in [5.41, 5.74) is 0. The molecule has 478 valence electrons. The minimum absolute atomic E-state index is 0.0629. The van der Waals surface area contributed by atoms with Crippen molar-refractivity contribution in [3.8, 4) is 0 Å². The number of esters is 3. The van der Waals surface area contributed by atoms with E-state index in [-0.39, 0.29) is 31.1 Å². The third-order valence-electron chi connectivity index (χ3n) is 17.0. The van der Waals surface area contributed by atoms with Gasteiger partial charge < -0.3 is 14.2 Å². The molecule has 0 heterocycles. The molecule has 0 spiro atoms. The highest BCUT2D eigenvalue weighted by Crippen LogP contribution is 2.19. The Morgan fingerprint density at radius 3 is 0.679 bits per heavy atom. The second-order valence-electron chi connectivity index (χ2n) is 25.2. The monoisotopic (exact) mass is 1140 g/mol. The fraction of sp³-hybridized carbons (Fsp3) is 0.907. The average Bonchev–Trinajstić information content (AvgIpc) is 3.47. The van der Waals surface area contributed by atoms with E-state index in [0.29, 0.717) is 19.3 Å². The predicted octanol–water partition coefficient (Wildman–Crippen LogP) is 25.3. The SMILES string of the molecule is CCCCCCC/C=C\C/C=C\CCCCCCCCCCCCCCCCCCCC(=O)OCC(COC(=O)CCCCCCCCCCCCCCCCC)OC(=O)CCCCCCCCCCCCCCCCCCCCC. The maximum absolute atomic E-state index is 13.0. The van der Waals surface area contributed by atoms with Gasteiger partial charge in [-0.1, -0.05) is 373 Å². The van der Waals surface area contributed by atoms with E-state index < -0.39 is 6.10 Å². The fourth-order valence-corrected chi connectivity index (χ4v) is 11.4. The minimum Gasteiger partial charge on any atom is -0.462 e. The quantitative estimate of drug-likeness (QED) is 0.0261. The van der Waals surface area contributed by atoms with Gasteiger partial charge >= 0.3 is 17.9 Å². The Morgan fingerprint density at radius 1 is 0.247 bits per heavy atom. The Labute approximate surface area is 506 Å². The van der Waals surface area contributed by atoms with E-state index in [2.05, 4.69) is 45.1 Å². The van der Waals surface area contributed by atoms with E-state index >= 15 is 0 Å². The Balaban J connectivity index is 4.19. The third kappa shape index (κ3) is 68.6. The molecule has 1 unspecified atom stereocenters. The van der Waals surface area contributed by atoms with Crippen LogP contribution in [0.5, 0.6) is 0 Å². The molecule has 0 aliphatic carbocycles. The minimum atomic E-state index is -0.767. The topological polar surface area (TPSA) is 78.9 Å². The van der Waals surface area contributed by atoms with E-state index in [0.717, 1.165) is 64.2 Å². The van der Waals surface area contributed by atoms with Crippen molar-refractivity contribution in [3.05, 3.63) is 24.3 Å². The maximum Gasteiger partial charge on any atom is 0.306 e. The zero-order valence-electron chi connectivity index (χ0n) is 55.1. The van der Waals surface area contributed by atoms with Crippen LogP contribution in [0.2, 0.25) is 0 Å². The summed E-state index contributed by atoms with van der Waals surface area (Å²) in [5.74, 6) is -0.825. The number of hydrogen-bond donors (Lipinski definition) is 0. The van der Waals surface area contributed by atoms with Crippen LogP contribution in [0.4, 0.5) is 0 Å². The Kier molecular flexibility index (Phi) is 68.5. The van der Waals surface area contributed by atoms with Crippen molar-refractivity contribution in [2.24, 2.45) is 0 Å². The van der Waals surface area contributed by atoms with E-state index in [1.165, 1.54) is 315 Å². The standard InChI is InChI=1S/C75H142O6/c1-4-7-10-13-16-19-22-25-28-30-32-33-34-35-36-37-38-39-40-41-43-44-47-50-53-56-59-62-65-68-74(77)80-71-72(70-79-73(76)67-64-61-58-55-52-49-46-27-24-21-18-15-12-9-6-3)81-75(78)69-66-63-60-57-54-51-48-45-42-31-29-26-23-20-17-14-11-8-5-2/h22,25,30,32,72H,4-21,23-24,26-29,31,33-71H2,1-3H3/b25-22-,32-30-. The first kappa shape index (κ1) is 78.9. The molecule has 0 N–H and O–H groups in total. The molecule has 0 aliphatic heterocycles. The summed E-state index contributed by atoms with van der Waals surface area (Å²) >= 11 is 0. The van der Waals surface area contributed by atoms with E-state index in [1.54, 1.807) is 0 Å². The average molecular weight is 1140 g/mol. The molecule has 81 heavy (non-hydrogen) atoms. The van der Waals surface area contributed by atoms with Crippen molar-refractivity contribution in [2.45, 2.75) is 425 Å². The number of allylic oxidation sites excluding steroid dienone is 4. The summed E-state index contributed by atoms with van der Waals surface area (Å²) in [6, 6.07) is 0. The van der Waals surface area contributed by atoms with Gasteiger partial charge in [0, 0.05) is 19.3 Å². The van der Waals surface area contributed by atoms with E-state index in [9.17, 15) is 14.4 Å². The van der Waals surface area contributed by atoms with Crippen molar-refractivity contribution in [3.63, 3.8) is 0 Å². The molecule has 6 nitrogen and oxygen atoms in total. The van der Waals surface area contributed by atoms with Gasteiger partial charge in [-0.3, -0.25) is 14.4 Å². The van der Waals surface area contributed by atoms with Crippen molar-refractivity contribution < 1.29 is 28.6 Å². The van der Waals surface area contributed by atoms with Crippen molar-refractivity contribution in [1.29, 1.82) is 0 Å². The molecule has 1 atom stereocenters. The third-order valence-corrected chi connectivity index (χ3v) is 17.0. The lowest BCUT2D eigenvalue weighted by Crippen LogP contribution is -2.30. The first-order valence-corrected chi connectivity index (χ1v) is 36.8. The van der Waals surface area contributed by atoms with Crippen LogP contribution in [-0.4, -0.2) is 37.2 Å². The zero-order valence-corrected chi connectivity index (χ0v) is 55.1. The fourth-order valence-electron chi connectivity index (χ4n) is 11.4. The molecule has 0 aromatic carbocycles. The van der Waals surface area contributed by atoms with Crippen molar-refractivity contribution in [2.75, 3.05) is 13.2 Å². The molecule has 0 radical (unpaired) electrons. The van der Waals surface area contributed by atoms with Gasteiger partial charge in [0.15, 0.2) is 6.10 Å². The summed E-state index contributed by atoms with van der Waals surface area (Å²) in [6.45, 7) is 6.72. The Bertz CT molecular complexity index is 1310. The molecular formula is C75H142O6. The van der Waals surface area contributed by atoms with Crippen LogP contribution in [0, 0.1) is 0 Å². The number of rotatable bonds is 69. The summed E-state index contributed by atoms with van der Waals surface area (Å²) in [7, 11) is 0. The molecule has 0 fully saturated rings. The highest BCUT2D eigenvalue weighted by molar-refractivity contribution is 5.71. The number of carbonyl (C=O) groups is 3. The second-order valence-corrected chi connectivity index (χ2v) is 25.2. The van der Waals surface area contributed by atoms with Crippen LogP contribution in [0.15, 0.2) is 24.3 Å².